The topological polar surface area (TPSA) is 60.9 Å². The van der Waals surface area contributed by atoms with Gasteiger partial charge in [0.2, 0.25) is 0 Å². The molecule has 0 saturated heterocycles. The Morgan fingerprint density at radius 2 is 2.16 bits per heavy atom. The first kappa shape index (κ1) is 15.9. The zero-order valence-corrected chi connectivity index (χ0v) is 12.6. The highest BCUT2D eigenvalue weighted by atomic mass is 16.1. The SMILES string of the molecule is CCc1cc(CC(=O)CC(CN)CC(C)C)n(C)n1. The third-order valence-electron chi connectivity index (χ3n) is 3.42. The number of Topliss-reactive ketones (excluding diaryl/α,β-unsaturated/α-hetero) is 1. The van der Waals surface area contributed by atoms with Gasteiger partial charge in [0.15, 0.2) is 0 Å². The van der Waals surface area contributed by atoms with Crippen LogP contribution in [0.3, 0.4) is 0 Å². The minimum atomic E-state index is 0.266. The molecule has 0 spiro atoms. The molecule has 108 valence electrons. The van der Waals surface area contributed by atoms with Gasteiger partial charge in [-0.15, -0.1) is 0 Å². The van der Waals surface area contributed by atoms with Gasteiger partial charge < -0.3 is 5.73 Å². The van der Waals surface area contributed by atoms with Crippen LogP contribution in [-0.4, -0.2) is 22.1 Å². The second-order valence-corrected chi connectivity index (χ2v) is 5.76. The summed E-state index contributed by atoms with van der Waals surface area (Å²) in [5.74, 6) is 1.16. The van der Waals surface area contributed by atoms with E-state index in [0.29, 0.717) is 31.2 Å². The van der Waals surface area contributed by atoms with Crippen LogP contribution in [-0.2, 0) is 24.7 Å². The van der Waals surface area contributed by atoms with Gasteiger partial charge in [0.25, 0.3) is 0 Å². The van der Waals surface area contributed by atoms with E-state index >= 15 is 0 Å². The maximum atomic E-state index is 12.1. The van der Waals surface area contributed by atoms with Crippen molar-refractivity contribution in [3.05, 3.63) is 17.5 Å². The fourth-order valence-corrected chi connectivity index (χ4v) is 2.44. The van der Waals surface area contributed by atoms with E-state index in [-0.39, 0.29) is 5.78 Å². The van der Waals surface area contributed by atoms with Gasteiger partial charge in [-0.05, 0) is 37.3 Å². The Morgan fingerprint density at radius 1 is 1.47 bits per heavy atom. The van der Waals surface area contributed by atoms with Crippen LogP contribution in [0.15, 0.2) is 6.07 Å². The number of carbonyl (C=O) groups excluding carboxylic acids is 1. The van der Waals surface area contributed by atoms with Gasteiger partial charge in [0.1, 0.15) is 5.78 Å². The number of carbonyl (C=O) groups is 1. The molecule has 1 rings (SSSR count). The highest BCUT2D eigenvalue weighted by molar-refractivity contribution is 5.80. The average molecular weight is 265 g/mol. The Bertz CT molecular complexity index is 410. The summed E-state index contributed by atoms with van der Waals surface area (Å²) in [6, 6.07) is 2.03. The van der Waals surface area contributed by atoms with Gasteiger partial charge in [0, 0.05) is 25.6 Å². The van der Waals surface area contributed by atoms with Gasteiger partial charge in [-0.25, -0.2) is 0 Å². The second kappa shape index (κ2) is 7.43. The molecule has 2 N–H and O–H groups in total. The summed E-state index contributed by atoms with van der Waals surface area (Å²) < 4.78 is 1.82. The molecule has 1 aromatic rings. The summed E-state index contributed by atoms with van der Waals surface area (Å²) in [7, 11) is 1.90. The van der Waals surface area contributed by atoms with Crippen molar-refractivity contribution in [3.8, 4) is 0 Å². The van der Waals surface area contributed by atoms with Gasteiger partial charge in [0.05, 0.1) is 5.69 Å². The van der Waals surface area contributed by atoms with E-state index in [1.165, 1.54) is 0 Å². The lowest BCUT2D eigenvalue weighted by atomic mass is 9.91. The summed E-state index contributed by atoms with van der Waals surface area (Å²) >= 11 is 0. The smallest absolute Gasteiger partial charge is 0.139 e. The van der Waals surface area contributed by atoms with Crippen molar-refractivity contribution in [1.82, 2.24) is 9.78 Å². The van der Waals surface area contributed by atoms with Crippen LogP contribution >= 0.6 is 0 Å². The molecule has 0 saturated carbocycles. The van der Waals surface area contributed by atoms with E-state index in [0.717, 1.165) is 24.2 Å². The minimum absolute atomic E-state index is 0.266. The predicted molar refractivity (Wildman–Crippen MR) is 77.9 cm³/mol. The molecule has 0 bridgehead atoms. The van der Waals surface area contributed by atoms with Gasteiger partial charge in [-0.3, -0.25) is 9.48 Å². The molecular formula is C15H27N3O. The summed E-state index contributed by atoms with van der Waals surface area (Å²) in [4.78, 5) is 12.1. The first-order chi connectivity index (χ1) is 8.96. The third-order valence-corrected chi connectivity index (χ3v) is 3.42. The third kappa shape index (κ3) is 5.15. The van der Waals surface area contributed by atoms with Crippen LogP contribution < -0.4 is 5.73 Å². The van der Waals surface area contributed by atoms with E-state index in [9.17, 15) is 4.79 Å². The molecule has 1 aromatic heterocycles. The lowest BCUT2D eigenvalue weighted by Gasteiger charge is -2.16. The van der Waals surface area contributed by atoms with E-state index in [4.69, 9.17) is 5.73 Å². The molecule has 0 fully saturated rings. The molecule has 1 atom stereocenters. The van der Waals surface area contributed by atoms with Crippen LogP contribution in [0.25, 0.3) is 0 Å². The summed E-state index contributed by atoms with van der Waals surface area (Å²) in [6.07, 6.45) is 2.98. The fourth-order valence-electron chi connectivity index (χ4n) is 2.44. The molecule has 19 heavy (non-hydrogen) atoms. The Kier molecular flexibility index (Phi) is 6.22. The van der Waals surface area contributed by atoms with Crippen LogP contribution in [0, 0.1) is 11.8 Å². The molecule has 0 aliphatic rings. The molecule has 0 radical (unpaired) electrons. The van der Waals surface area contributed by atoms with Crippen molar-refractivity contribution in [1.29, 1.82) is 0 Å². The normalized spacial score (nSPS) is 12.9. The second-order valence-electron chi connectivity index (χ2n) is 5.76. The van der Waals surface area contributed by atoms with Crippen molar-refractivity contribution < 1.29 is 4.79 Å². The van der Waals surface area contributed by atoms with E-state index < -0.39 is 0 Å². The average Bonchev–Trinajstić information content (AvgIpc) is 2.68. The number of nitrogens with zero attached hydrogens (tertiary/aromatic N) is 2. The number of ketones is 1. The fraction of sp³-hybridized carbons (Fsp3) is 0.733. The van der Waals surface area contributed by atoms with Crippen LogP contribution in [0.1, 0.15) is 45.0 Å². The van der Waals surface area contributed by atoms with Gasteiger partial charge >= 0.3 is 0 Å². The molecule has 4 heteroatoms. The molecule has 0 amide bonds. The van der Waals surface area contributed by atoms with E-state index in [1.807, 2.05) is 17.8 Å². The van der Waals surface area contributed by atoms with E-state index in [2.05, 4.69) is 25.9 Å². The maximum Gasteiger partial charge on any atom is 0.139 e. The molecule has 1 unspecified atom stereocenters. The molecule has 1 heterocycles. The van der Waals surface area contributed by atoms with Crippen LogP contribution in [0.2, 0.25) is 0 Å². The standard InChI is InChI=1S/C15H27N3O/c1-5-13-8-14(18(4)17-13)9-15(19)7-12(10-16)6-11(2)3/h8,11-12H,5-7,9-10,16H2,1-4H3. The van der Waals surface area contributed by atoms with Crippen LogP contribution in [0.4, 0.5) is 0 Å². The maximum absolute atomic E-state index is 12.1. The van der Waals surface area contributed by atoms with Crippen molar-refractivity contribution in [2.45, 2.75) is 46.5 Å². The van der Waals surface area contributed by atoms with Crippen molar-refractivity contribution in [2.75, 3.05) is 6.54 Å². The van der Waals surface area contributed by atoms with Crippen molar-refractivity contribution >= 4 is 5.78 Å². The number of hydrogen-bond donors (Lipinski definition) is 1. The highest BCUT2D eigenvalue weighted by Gasteiger charge is 2.16. The number of nitrogens with two attached hydrogens (primary N) is 1. The quantitative estimate of drug-likeness (QED) is 0.783. The lowest BCUT2D eigenvalue weighted by Crippen LogP contribution is -2.21. The number of hydrogen-bond acceptors (Lipinski definition) is 3. The highest BCUT2D eigenvalue weighted by Crippen LogP contribution is 2.16. The molecule has 0 aliphatic carbocycles. The zero-order valence-electron chi connectivity index (χ0n) is 12.6. The van der Waals surface area contributed by atoms with E-state index in [1.54, 1.807) is 0 Å². The largest absolute Gasteiger partial charge is 0.330 e. The number of aromatic nitrogens is 2. The van der Waals surface area contributed by atoms with Gasteiger partial charge in [-0.2, -0.15) is 5.10 Å². The summed E-state index contributed by atoms with van der Waals surface area (Å²) in [5.41, 5.74) is 7.79. The Balaban J connectivity index is 2.56. The summed E-state index contributed by atoms with van der Waals surface area (Å²) in [6.45, 7) is 7.00. The first-order valence-electron chi connectivity index (χ1n) is 7.19. The van der Waals surface area contributed by atoms with Gasteiger partial charge in [-0.1, -0.05) is 20.8 Å². The number of rotatable bonds is 8. The molecule has 4 nitrogen and oxygen atoms in total. The lowest BCUT2D eigenvalue weighted by molar-refractivity contribution is -0.119. The van der Waals surface area contributed by atoms with Crippen molar-refractivity contribution in [3.63, 3.8) is 0 Å². The predicted octanol–water partition coefficient (Wildman–Crippen LogP) is 2.11. The minimum Gasteiger partial charge on any atom is -0.330 e. The van der Waals surface area contributed by atoms with Crippen molar-refractivity contribution in [2.24, 2.45) is 24.6 Å². The molecule has 0 aromatic carbocycles. The Labute approximate surface area is 116 Å². The monoisotopic (exact) mass is 265 g/mol. The molecular weight excluding hydrogens is 238 g/mol. The first-order valence-corrected chi connectivity index (χ1v) is 7.19. The van der Waals surface area contributed by atoms with Crippen LogP contribution in [0.5, 0.6) is 0 Å². The number of aryl methyl sites for hydroxylation is 2. The summed E-state index contributed by atoms with van der Waals surface area (Å²) in [5, 5.41) is 4.37. The molecule has 0 aliphatic heterocycles. The zero-order chi connectivity index (χ0) is 14.4. The Morgan fingerprint density at radius 3 is 2.63 bits per heavy atom. The Hall–Kier alpha value is -1.16.